The van der Waals surface area contributed by atoms with Crippen molar-refractivity contribution in [3.8, 4) is 0 Å². The van der Waals surface area contributed by atoms with Gasteiger partial charge in [0.2, 0.25) is 0 Å². The van der Waals surface area contributed by atoms with Crippen LogP contribution in [0.5, 0.6) is 0 Å². The van der Waals surface area contributed by atoms with Crippen LogP contribution in [-0.4, -0.2) is 69.3 Å². The van der Waals surface area contributed by atoms with Crippen LogP contribution in [-0.2, 0) is 4.74 Å². The fourth-order valence-corrected chi connectivity index (χ4v) is 2.03. The monoisotopic (exact) mass is 287 g/mol. The zero-order chi connectivity index (χ0) is 11.1. The van der Waals surface area contributed by atoms with Gasteiger partial charge in [0.1, 0.15) is 0 Å². The van der Waals surface area contributed by atoms with Gasteiger partial charge < -0.3 is 15.4 Å². The van der Waals surface area contributed by atoms with E-state index in [1.165, 1.54) is 25.9 Å². The molecule has 0 aromatic carbocycles. The van der Waals surface area contributed by atoms with Gasteiger partial charge >= 0.3 is 0 Å². The van der Waals surface area contributed by atoms with E-state index in [1.807, 2.05) is 0 Å². The molecule has 0 aromatic rings. The van der Waals surface area contributed by atoms with Crippen molar-refractivity contribution in [3.05, 3.63) is 0 Å². The van der Waals surface area contributed by atoms with Gasteiger partial charge in [0, 0.05) is 25.7 Å². The molecule has 1 unspecified atom stereocenters. The summed E-state index contributed by atoms with van der Waals surface area (Å²) >= 11 is 0. The van der Waals surface area contributed by atoms with Gasteiger partial charge in [0.15, 0.2) is 0 Å². The van der Waals surface area contributed by atoms with Crippen LogP contribution >= 0.6 is 24.8 Å². The van der Waals surface area contributed by atoms with Crippen molar-refractivity contribution in [3.63, 3.8) is 0 Å². The summed E-state index contributed by atoms with van der Waals surface area (Å²) in [6.45, 7) is 5.57. The lowest BCUT2D eigenvalue weighted by molar-refractivity contribution is 0.0784. The maximum absolute atomic E-state index is 5.40. The molecule has 0 radical (unpaired) electrons. The third-order valence-electron chi connectivity index (χ3n) is 3.02. The van der Waals surface area contributed by atoms with E-state index in [9.17, 15) is 0 Å². The van der Waals surface area contributed by atoms with E-state index >= 15 is 0 Å². The van der Waals surface area contributed by atoms with Gasteiger partial charge in [0.25, 0.3) is 0 Å². The van der Waals surface area contributed by atoms with Crippen LogP contribution in [0.4, 0.5) is 0 Å². The number of ether oxygens (including phenoxy) is 1. The topological polar surface area (TPSA) is 41.7 Å². The fraction of sp³-hybridized carbons (Fsp3) is 1.00. The highest BCUT2D eigenvalue weighted by Gasteiger charge is 2.20. The fourth-order valence-electron chi connectivity index (χ4n) is 2.03. The molecule has 1 saturated heterocycles. The first-order valence-electron chi connectivity index (χ1n) is 5.90. The SMILES string of the molecule is CN(C)C1CCCN(CCOCCN)C1.Cl.Cl. The van der Waals surface area contributed by atoms with Crippen LogP contribution in [0.1, 0.15) is 12.8 Å². The van der Waals surface area contributed by atoms with E-state index < -0.39 is 0 Å². The largest absolute Gasteiger partial charge is 0.379 e. The van der Waals surface area contributed by atoms with Gasteiger partial charge in [-0.2, -0.15) is 0 Å². The highest BCUT2D eigenvalue weighted by atomic mass is 35.5. The predicted molar refractivity (Wildman–Crippen MR) is 77.5 cm³/mol. The summed E-state index contributed by atoms with van der Waals surface area (Å²) in [5, 5.41) is 0. The molecule has 1 heterocycles. The number of nitrogens with two attached hydrogens (primary N) is 1. The van der Waals surface area contributed by atoms with Crippen LogP contribution in [0, 0.1) is 0 Å². The molecule has 6 heteroatoms. The molecule has 17 heavy (non-hydrogen) atoms. The quantitative estimate of drug-likeness (QED) is 0.735. The minimum Gasteiger partial charge on any atom is -0.379 e. The van der Waals surface area contributed by atoms with Crippen molar-refractivity contribution in [1.82, 2.24) is 9.80 Å². The summed E-state index contributed by atoms with van der Waals surface area (Å²) in [6.07, 6.45) is 2.63. The van der Waals surface area contributed by atoms with E-state index in [0.717, 1.165) is 13.2 Å². The summed E-state index contributed by atoms with van der Waals surface area (Å²) in [6, 6.07) is 0.716. The van der Waals surface area contributed by atoms with Gasteiger partial charge in [0.05, 0.1) is 13.2 Å². The Morgan fingerprint density at radius 2 is 2.00 bits per heavy atom. The molecule has 1 fully saturated rings. The molecule has 0 aromatic heterocycles. The van der Waals surface area contributed by atoms with Crippen LogP contribution < -0.4 is 5.73 Å². The molecule has 106 valence electrons. The summed E-state index contributed by atoms with van der Waals surface area (Å²) in [5.41, 5.74) is 5.36. The minimum absolute atomic E-state index is 0. The maximum atomic E-state index is 5.40. The zero-order valence-electron chi connectivity index (χ0n) is 10.9. The number of rotatable bonds is 6. The smallest absolute Gasteiger partial charge is 0.0594 e. The second kappa shape index (κ2) is 11.5. The summed E-state index contributed by atoms with van der Waals surface area (Å²) in [4.78, 5) is 4.82. The lowest BCUT2D eigenvalue weighted by atomic mass is 10.1. The van der Waals surface area contributed by atoms with Crippen molar-refractivity contribution in [2.24, 2.45) is 5.73 Å². The van der Waals surface area contributed by atoms with E-state index in [2.05, 4.69) is 23.9 Å². The van der Waals surface area contributed by atoms with Gasteiger partial charge in [-0.25, -0.2) is 0 Å². The Hall–Kier alpha value is 0.420. The standard InChI is InChI=1S/C11H25N3O.2ClH/c1-13(2)11-4-3-6-14(10-11)7-9-15-8-5-12;;/h11H,3-10,12H2,1-2H3;2*1H. The number of hydrogen-bond acceptors (Lipinski definition) is 4. The average Bonchev–Trinajstić information content (AvgIpc) is 2.25. The first kappa shape index (κ1) is 19.8. The lowest BCUT2D eigenvalue weighted by Crippen LogP contribution is -2.46. The minimum atomic E-state index is 0. The summed E-state index contributed by atoms with van der Waals surface area (Å²) < 4.78 is 5.40. The van der Waals surface area contributed by atoms with Gasteiger partial charge in [-0.3, -0.25) is 4.90 Å². The van der Waals surface area contributed by atoms with Crippen molar-refractivity contribution in [2.75, 3.05) is 53.5 Å². The highest BCUT2D eigenvalue weighted by Crippen LogP contribution is 2.12. The Bertz CT molecular complexity index is 173. The number of halogens is 2. The Kier molecular flexibility index (Phi) is 13.4. The lowest BCUT2D eigenvalue weighted by Gasteiger charge is -2.36. The Morgan fingerprint density at radius 3 is 2.59 bits per heavy atom. The number of likely N-dealkylation sites (tertiary alicyclic amines) is 1. The Labute approximate surface area is 118 Å². The molecule has 0 spiro atoms. The van der Waals surface area contributed by atoms with Crippen molar-refractivity contribution < 1.29 is 4.74 Å². The molecule has 1 aliphatic heterocycles. The van der Waals surface area contributed by atoms with Crippen LogP contribution in [0.3, 0.4) is 0 Å². The predicted octanol–water partition coefficient (Wildman–Crippen LogP) is 0.831. The first-order chi connectivity index (χ1) is 7.24. The molecule has 4 nitrogen and oxygen atoms in total. The molecule has 1 atom stereocenters. The zero-order valence-corrected chi connectivity index (χ0v) is 12.6. The average molecular weight is 288 g/mol. The third kappa shape index (κ3) is 8.19. The van der Waals surface area contributed by atoms with E-state index in [1.54, 1.807) is 0 Å². The molecule has 0 bridgehead atoms. The normalized spacial score (nSPS) is 20.8. The maximum Gasteiger partial charge on any atom is 0.0594 e. The van der Waals surface area contributed by atoms with Crippen molar-refractivity contribution >= 4 is 24.8 Å². The Morgan fingerprint density at radius 1 is 1.29 bits per heavy atom. The van der Waals surface area contributed by atoms with Gasteiger partial charge in [-0.1, -0.05) is 0 Å². The number of piperidine rings is 1. The number of hydrogen-bond donors (Lipinski definition) is 1. The van der Waals surface area contributed by atoms with Crippen molar-refractivity contribution in [1.29, 1.82) is 0 Å². The Balaban J connectivity index is 0. The molecule has 2 N–H and O–H groups in total. The van der Waals surface area contributed by atoms with Gasteiger partial charge in [-0.15, -0.1) is 24.8 Å². The number of nitrogens with zero attached hydrogens (tertiary/aromatic N) is 2. The van der Waals surface area contributed by atoms with Crippen LogP contribution in [0.25, 0.3) is 0 Å². The molecule has 1 rings (SSSR count). The second-order valence-corrected chi connectivity index (χ2v) is 4.46. The first-order valence-corrected chi connectivity index (χ1v) is 5.90. The van der Waals surface area contributed by atoms with Crippen LogP contribution in [0.15, 0.2) is 0 Å². The molecular formula is C11H27Cl2N3O. The van der Waals surface area contributed by atoms with Crippen molar-refractivity contribution in [2.45, 2.75) is 18.9 Å². The van der Waals surface area contributed by atoms with Crippen LogP contribution in [0.2, 0.25) is 0 Å². The van der Waals surface area contributed by atoms with E-state index in [-0.39, 0.29) is 24.8 Å². The third-order valence-corrected chi connectivity index (χ3v) is 3.02. The molecule has 1 aliphatic rings. The summed E-state index contributed by atoms with van der Waals surface area (Å²) in [7, 11) is 4.33. The molecule has 0 amide bonds. The molecule has 0 aliphatic carbocycles. The molecule has 0 saturated carbocycles. The second-order valence-electron chi connectivity index (χ2n) is 4.46. The van der Waals surface area contributed by atoms with E-state index in [4.69, 9.17) is 10.5 Å². The van der Waals surface area contributed by atoms with Gasteiger partial charge in [-0.05, 0) is 33.5 Å². The number of likely N-dealkylation sites (N-methyl/N-ethyl adjacent to an activating group) is 1. The highest BCUT2D eigenvalue weighted by molar-refractivity contribution is 5.85. The van der Waals surface area contributed by atoms with E-state index in [0.29, 0.717) is 19.2 Å². The summed E-state index contributed by atoms with van der Waals surface area (Å²) in [5.74, 6) is 0. The molecular weight excluding hydrogens is 261 g/mol.